The number of esters is 1. The molecule has 0 bridgehead atoms. The molecule has 0 amide bonds. The van der Waals surface area contributed by atoms with Crippen LogP contribution < -0.4 is 5.73 Å². The van der Waals surface area contributed by atoms with Gasteiger partial charge in [0.2, 0.25) is 0 Å². The predicted molar refractivity (Wildman–Crippen MR) is 80.6 cm³/mol. The lowest BCUT2D eigenvalue weighted by molar-refractivity contribution is -0.151. The lowest BCUT2D eigenvalue weighted by Crippen LogP contribution is -2.53. The van der Waals surface area contributed by atoms with E-state index in [-0.39, 0.29) is 23.4 Å². The Balaban J connectivity index is 1.86. The fourth-order valence-electron chi connectivity index (χ4n) is 3.35. The summed E-state index contributed by atoms with van der Waals surface area (Å²) < 4.78 is 27.9. The van der Waals surface area contributed by atoms with E-state index in [1.807, 2.05) is 0 Å². The summed E-state index contributed by atoms with van der Waals surface area (Å²) in [7, 11) is -2.84. The Bertz CT molecular complexity index is 465. The number of ether oxygens (including phenoxy) is 1. The van der Waals surface area contributed by atoms with Crippen LogP contribution in [0.1, 0.15) is 32.6 Å². The highest BCUT2D eigenvalue weighted by Crippen LogP contribution is 2.37. The Morgan fingerprint density at radius 2 is 2.05 bits per heavy atom. The molecular formula is C14H26N2O4S. The molecule has 2 fully saturated rings. The summed E-state index contributed by atoms with van der Waals surface area (Å²) in [5.74, 6) is 0.330. The average Bonchev–Trinajstić information content (AvgIpc) is 2.81. The largest absolute Gasteiger partial charge is 0.465 e. The van der Waals surface area contributed by atoms with E-state index in [1.165, 1.54) is 0 Å². The van der Waals surface area contributed by atoms with E-state index in [0.29, 0.717) is 26.1 Å². The summed E-state index contributed by atoms with van der Waals surface area (Å²) in [6.07, 6.45) is 3.41. The first-order valence-electron chi connectivity index (χ1n) is 7.76. The molecule has 2 atom stereocenters. The highest BCUT2D eigenvalue weighted by Gasteiger charge is 2.46. The molecule has 2 unspecified atom stereocenters. The van der Waals surface area contributed by atoms with Gasteiger partial charge in [0, 0.05) is 13.1 Å². The van der Waals surface area contributed by atoms with Crippen molar-refractivity contribution < 1.29 is 17.9 Å². The second-order valence-electron chi connectivity index (χ2n) is 6.13. The van der Waals surface area contributed by atoms with E-state index < -0.39 is 15.4 Å². The number of hydrogen-bond donors (Lipinski definition) is 1. The summed E-state index contributed by atoms with van der Waals surface area (Å²) in [4.78, 5) is 14.2. The zero-order chi connectivity index (χ0) is 15.5. The molecule has 1 aliphatic heterocycles. The SMILES string of the molecule is CCOC(=O)C1(N)CCCC1CCN1CCS(=O)(=O)CC1. The predicted octanol–water partition coefficient (Wildman–Crippen LogP) is 0.168. The van der Waals surface area contributed by atoms with Crippen LogP contribution in [0.5, 0.6) is 0 Å². The molecule has 1 heterocycles. The quantitative estimate of drug-likeness (QED) is 0.727. The van der Waals surface area contributed by atoms with Crippen molar-refractivity contribution in [2.24, 2.45) is 11.7 Å². The van der Waals surface area contributed by atoms with Gasteiger partial charge in [0.25, 0.3) is 0 Å². The summed E-state index contributed by atoms with van der Waals surface area (Å²) in [6.45, 7) is 4.13. The molecule has 122 valence electrons. The van der Waals surface area contributed by atoms with E-state index in [1.54, 1.807) is 6.92 Å². The van der Waals surface area contributed by atoms with Crippen molar-refractivity contribution in [2.45, 2.75) is 38.1 Å². The highest BCUT2D eigenvalue weighted by atomic mass is 32.2. The molecule has 6 nitrogen and oxygen atoms in total. The van der Waals surface area contributed by atoms with Gasteiger partial charge >= 0.3 is 5.97 Å². The third-order valence-electron chi connectivity index (χ3n) is 4.76. The summed E-state index contributed by atoms with van der Waals surface area (Å²) >= 11 is 0. The van der Waals surface area contributed by atoms with E-state index in [4.69, 9.17) is 10.5 Å². The van der Waals surface area contributed by atoms with E-state index in [0.717, 1.165) is 25.8 Å². The molecule has 0 radical (unpaired) electrons. The summed E-state index contributed by atoms with van der Waals surface area (Å²) in [5, 5.41) is 0. The third-order valence-corrected chi connectivity index (χ3v) is 6.37. The van der Waals surface area contributed by atoms with Crippen molar-refractivity contribution >= 4 is 15.8 Å². The zero-order valence-electron chi connectivity index (χ0n) is 12.7. The lowest BCUT2D eigenvalue weighted by atomic mass is 9.85. The van der Waals surface area contributed by atoms with Crippen LogP contribution in [0.4, 0.5) is 0 Å². The van der Waals surface area contributed by atoms with Gasteiger partial charge in [0.15, 0.2) is 9.84 Å². The van der Waals surface area contributed by atoms with Gasteiger partial charge in [-0.05, 0) is 38.6 Å². The topological polar surface area (TPSA) is 89.7 Å². The maximum atomic E-state index is 12.1. The third kappa shape index (κ3) is 3.96. The van der Waals surface area contributed by atoms with Crippen LogP contribution in [0, 0.1) is 5.92 Å². The molecular weight excluding hydrogens is 292 g/mol. The number of hydrogen-bond acceptors (Lipinski definition) is 6. The molecule has 1 saturated heterocycles. The Morgan fingerprint density at radius 1 is 1.38 bits per heavy atom. The Hall–Kier alpha value is -0.660. The fourth-order valence-corrected chi connectivity index (χ4v) is 4.63. The molecule has 2 N–H and O–H groups in total. The molecule has 0 aromatic rings. The van der Waals surface area contributed by atoms with Gasteiger partial charge in [0.05, 0.1) is 18.1 Å². The normalized spacial score (nSPS) is 33.0. The molecule has 21 heavy (non-hydrogen) atoms. The first-order chi connectivity index (χ1) is 9.87. The zero-order valence-corrected chi connectivity index (χ0v) is 13.5. The van der Waals surface area contributed by atoms with Gasteiger partial charge in [-0.1, -0.05) is 6.42 Å². The average molecular weight is 318 g/mol. The van der Waals surface area contributed by atoms with Crippen LogP contribution in [-0.2, 0) is 19.4 Å². The van der Waals surface area contributed by atoms with Gasteiger partial charge in [0.1, 0.15) is 5.54 Å². The maximum absolute atomic E-state index is 12.1. The van der Waals surface area contributed by atoms with Crippen molar-refractivity contribution in [1.82, 2.24) is 4.90 Å². The maximum Gasteiger partial charge on any atom is 0.326 e. The molecule has 2 aliphatic rings. The van der Waals surface area contributed by atoms with Crippen LogP contribution >= 0.6 is 0 Å². The molecule has 0 aromatic heterocycles. The van der Waals surface area contributed by atoms with Crippen LogP contribution in [0.3, 0.4) is 0 Å². The van der Waals surface area contributed by atoms with Gasteiger partial charge in [-0.2, -0.15) is 0 Å². The summed E-state index contributed by atoms with van der Waals surface area (Å²) in [6, 6.07) is 0. The highest BCUT2D eigenvalue weighted by molar-refractivity contribution is 7.91. The first kappa shape index (κ1) is 16.7. The standard InChI is InChI=1S/C14H26N2O4S/c1-2-20-13(17)14(15)6-3-4-12(14)5-7-16-8-10-21(18,19)11-9-16/h12H,2-11,15H2,1H3. The molecule has 7 heteroatoms. The number of sulfone groups is 1. The number of nitrogens with two attached hydrogens (primary N) is 1. The molecule has 1 saturated carbocycles. The van der Waals surface area contributed by atoms with Crippen molar-refractivity contribution in [3.8, 4) is 0 Å². The van der Waals surface area contributed by atoms with E-state index >= 15 is 0 Å². The molecule has 0 aromatic carbocycles. The minimum atomic E-state index is -2.84. The Labute approximate surface area is 126 Å². The first-order valence-corrected chi connectivity index (χ1v) is 9.58. The van der Waals surface area contributed by atoms with Crippen molar-refractivity contribution in [2.75, 3.05) is 37.7 Å². The Kier molecular flexibility index (Phi) is 5.27. The second-order valence-corrected chi connectivity index (χ2v) is 8.44. The number of carbonyl (C=O) groups is 1. The van der Waals surface area contributed by atoms with Crippen molar-refractivity contribution in [3.63, 3.8) is 0 Å². The summed E-state index contributed by atoms with van der Waals surface area (Å²) in [5.41, 5.74) is 5.45. The smallest absolute Gasteiger partial charge is 0.326 e. The second kappa shape index (κ2) is 6.62. The molecule has 0 spiro atoms. The molecule has 2 rings (SSSR count). The minimum Gasteiger partial charge on any atom is -0.465 e. The van der Waals surface area contributed by atoms with Gasteiger partial charge in [-0.15, -0.1) is 0 Å². The lowest BCUT2D eigenvalue weighted by Gasteiger charge is -2.32. The monoisotopic (exact) mass is 318 g/mol. The number of rotatable bonds is 5. The van der Waals surface area contributed by atoms with Crippen LogP contribution in [-0.4, -0.2) is 62.6 Å². The number of nitrogens with zero attached hydrogens (tertiary/aromatic N) is 1. The van der Waals surface area contributed by atoms with Gasteiger partial charge in [-0.3, -0.25) is 4.79 Å². The van der Waals surface area contributed by atoms with Crippen LogP contribution in [0.15, 0.2) is 0 Å². The van der Waals surface area contributed by atoms with Crippen LogP contribution in [0.2, 0.25) is 0 Å². The van der Waals surface area contributed by atoms with Crippen molar-refractivity contribution in [1.29, 1.82) is 0 Å². The fraction of sp³-hybridized carbons (Fsp3) is 0.929. The van der Waals surface area contributed by atoms with E-state index in [2.05, 4.69) is 4.90 Å². The Morgan fingerprint density at radius 3 is 2.67 bits per heavy atom. The van der Waals surface area contributed by atoms with Crippen molar-refractivity contribution in [3.05, 3.63) is 0 Å². The minimum absolute atomic E-state index is 0.134. The van der Waals surface area contributed by atoms with E-state index in [9.17, 15) is 13.2 Å². The molecule has 1 aliphatic carbocycles. The number of carbonyl (C=O) groups excluding carboxylic acids is 1. The van der Waals surface area contributed by atoms with Gasteiger partial charge in [-0.25, -0.2) is 8.42 Å². The van der Waals surface area contributed by atoms with Gasteiger partial charge < -0.3 is 15.4 Å². The van der Waals surface area contributed by atoms with Crippen LogP contribution in [0.25, 0.3) is 0 Å².